The number of unbranched alkanes of at least 4 members (excludes halogenated alkanes) is 2. The summed E-state index contributed by atoms with van der Waals surface area (Å²) in [6, 6.07) is 5.16. The van der Waals surface area contributed by atoms with Gasteiger partial charge in [0.15, 0.2) is 11.5 Å². The largest absolute Gasteiger partial charge is 0.519 e. The molecule has 0 radical (unpaired) electrons. The van der Waals surface area contributed by atoms with Crippen molar-refractivity contribution >= 4 is 23.6 Å². The lowest BCUT2D eigenvalue weighted by Gasteiger charge is -2.36. The van der Waals surface area contributed by atoms with E-state index in [0.29, 0.717) is 30.8 Å². The second-order valence-electron chi connectivity index (χ2n) is 13.3. The van der Waals surface area contributed by atoms with Gasteiger partial charge in [0.1, 0.15) is 24.4 Å². The van der Waals surface area contributed by atoms with E-state index in [2.05, 4.69) is 16.0 Å². The molecule has 0 bridgehead atoms. The molecule has 2 aromatic rings. The van der Waals surface area contributed by atoms with Gasteiger partial charge >= 0.3 is 5.82 Å². The molecular formula is C34H52N4O8. The first kappa shape index (κ1) is 38.1. The lowest BCUT2D eigenvalue weighted by molar-refractivity contribution is -0.134. The molecule has 3 unspecified atom stereocenters. The summed E-state index contributed by atoms with van der Waals surface area (Å²) in [5.74, 6) is -1.46. The molecule has 46 heavy (non-hydrogen) atoms. The highest BCUT2D eigenvalue weighted by atomic mass is 16.6. The monoisotopic (exact) mass is 644 g/mol. The minimum atomic E-state index is -0.940. The van der Waals surface area contributed by atoms with Crippen molar-refractivity contribution in [3.8, 4) is 5.75 Å². The SMILES string of the molecule is CCCCCC(=O)NC(Cc1ccc(OCc2oc(=O)oc2C)cc1)C(=O)NC(C(=O)NC(C)(C)CC(C)(C)C(N)=O)C(C)CC. The lowest BCUT2D eigenvalue weighted by atomic mass is 9.79. The van der Waals surface area contributed by atoms with Gasteiger partial charge < -0.3 is 35.3 Å². The van der Waals surface area contributed by atoms with Gasteiger partial charge in [-0.15, -0.1) is 0 Å². The number of primary amides is 1. The molecule has 0 aliphatic heterocycles. The summed E-state index contributed by atoms with van der Waals surface area (Å²) in [7, 11) is 0. The van der Waals surface area contributed by atoms with Gasteiger partial charge in [-0.05, 0) is 57.2 Å². The first-order valence-electron chi connectivity index (χ1n) is 16.0. The fraction of sp³-hybridized carbons (Fsp3) is 0.618. The van der Waals surface area contributed by atoms with Crippen molar-refractivity contribution in [3.05, 3.63) is 52.0 Å². The molecule has 1 aromatic heterocycles. The fourth-order valence-corrected chi connectivity index (χ4v) is 5.23. The molecule has 0 saturated carbocycles. The Morgan fingerprint density at radius 3 is 2.15 bits per heavy atom. The second kappa shape index (κ2) is 17.0. The maximum atomic E-state index is 13.8. The molecule has 12 heteroatoms. The van der Waals surface area contributed by atoms with Crippen LogP contribution < -0.4 is 32.2 Å². The van der Waals surface area contributed by atoms with Crippen LogP contribution in [0.2, 0.25) is 0 Å². The minimum Gasteiger partial charge on any atom is -0.486 e. The number of rotatable bonds is 19. The van der Waals surface area contributed by atoms with E-state index >= 15 is 0 Å². The number of amides is 4. The van der Waals surface area contributed by atoms with Crippen LogP contribution >= 0.6 is 0 Å². The Labute approximate surface area is 271 Å². The van der Waals surface area contributed by atoms with Crippen LogP contribution in [0.5, 0.6) is 5.75 Å². The van der Waals surface area contributed by atoms with Crippen molar-refractivity contribution in [2.75, 3.05) is 0 Å². The highest BCUT2D eigenvalue weighted by molar-refractivity contribution is 5.92. The van der Waals surface area contributed by atoms with Gasteiger partial charge in [0.25, 0.3) is 0 Å². The second-order valence-corrected chi connectivity index (χ2v) is 13.3. The van der Waals surface area contributed by atoms with Gasteiger partial charge in [0.2, 0.25) is 23.6 Å². The molecule has 4 amide bonds. The molecule has 1 heterocycles. The van der Waals surface area contributed by atoms with E-state index in [9.17, 15) is 24.0 Å². The molecule has 0 spiro atoms. The average Bonchev–Trinajstić information content (AvgIpc) is 3.29. The quantitative estimate of drug-likeness (QED) is 0.165. The Bertz CT molecular complexity index is 1380. The van der Waals surface area contributed by atoms with Crippen LogP contribution in [0.1, 0.15) is 104 Å². The maximum Gasteiger partial charge on any atom is 0.519 e. The summed E-state index contributed by atoms with van der Waals surface area (Å²) >= 11 is 0. The number of benzene rings is 1. The molecule has 256 valence electrons. The lowest BCUT2D eigenvalue weighted by Crippen LogP contribution is -2.59. The summed E-state index contributed by atoms with van der Waals surface area (Å²) in [6.45, 7) is 14.5. The highest BCUT2D eigenvalue weighted by Gasteiger charge is 2.37. The Morgan fingerprint density at radius 2 is 1.61 bits per heavy atom. The number of nitrogens with two attached hydrogens (primary N) is 1. The molecule has 0 aliphatic carbocycles. The summed E-state index contributed by atoms with van der Waals surface area (Å²) in [5.41, 5.74) is 4.68. The Balaban J connectivity index is 2.21. The van der Waals surface area contributed by atoms with Crippen LogP contribution in [0.15, 0.2) is 37.9 Å². The zero-order valence-corrected chi connectivity index (χ0v) is 28.5. The van der Waals surface area contributed by atoms with E-state index in [0.717, 1.165) is 18.4 Å². The number of hydrogen-bond acceptors (Lipinski definition) is 8. The Kier molecular flexibility index (Phi) is 14.1. The van der Waals surface area contributed by atoms with Gasteiger partial charge in [0, 0.05) is 23.8 Å². The van der Waals surface area contributed by atoms with Crippen molar-refractivity contribution in [1.29, 1.82) is 0 Å². The number of ether oxygens (including phenoxy) is 1. The van der Waals surface area contributed by atoms with E-state index < -0.39 is 40.7 Å². The molecule has 12 nitrogen and oxygen atoms in total. The van der Waals surface area contributed by atoms with Gasteiger partial charge in [-0.2, -0.15) is 0 Å². The summed E-state index contributed by atoms with van der Waals surface area (Å²) in [5, 5.41) is 8.76. The third-order valence-corrected chi connectivity index (χ3v) is 8.03. The predicted octanol–water partition coefficient (Wildman–Crippen LogP) is 4.06. The summed E-state index contributed by atoms with van der Waals surface area (Å²) in [4.78, 5) is 63.4. The summed E-state index contributed by atoms with van der Waals surface area (Å²) < 4.78 is 15.5. The van der Waals surface area contributed by atoms with E-state index in [1.807, 2.05) is 34.6 Å². The number of hydrogen-bond donors (Lipinski definition) is 4. The van der Waals surface area contributed by atoms with Crippen LogP contribution in [0, 0.1) is 18.3 Å². The van der Waals surface area contributed by atoms with Crippen LogP contribution in [-0.4, -0.2) is 41.3 Å². The van der Waals surface area contributed by atoms with Crippen molar-refractivity contribution in [3.63, 3.8) is 0 Å². The Hall–Kier alpha value is -4.09. The van der Waals surface area contributed by atoms with Crippen LogP contribution in [0.4, 0.5) is 0 Å². The van der Waals surface area contributed by atoms with E-state index in [1.165, 1.54) is 0 Å². The zero-order valence-electron chi connectivity index (χ0n) is 28.5. The Morgan fingerprint density at radius 1 is 0.957 bits per heavy atom. The van der Waals surface area contributed by atoms with Gasteiger partial charge in [0.05, 0.1) is 0 Å². The number of nitrogens with one attached hydrogen (secondary N) is 3. The standard InChI is InChI=1S/C34H52N4O8/c1-9-11-12-13-27(39)36-25(18-23-14-16-24(17-15-23)44-19-26-22(4)45-32(43)46-26)29(40)37-28(21(3)10-2)30(41)38-34(7,8)20-33(5,6)31(35)42/h14-17,21,25,28H,9-13,18-20H2,1-8H3,(H2,35,42)(H,36,39)(H,37,40)(H,38,41). The first-order chi connectivity index (χ1) is 21.5. The smallest absolute Gasteiger partial charge is 0.486 e. The molecule has 3 atom stereocenters. The molecule has 5 N–H and O–H groups in total. The van der Waals surface area contributed by atoms with Crippen LogP contribution in [0.3, 0.4) is 0 Å². The molecule has 2 rings (SSSR count). The predicted molar refractivity (Wildman–Crippen MR) is 174 cm³/mol. The van der Waals surface area contributed by atoms with Crippen molar-refractivity contribution in [2.24, 2.45) is 17.1 Å². The molecular weight excluding hydrogens is 592 g/mol. The normalized spacial score (nSPS) is 13.7. The zero-order chi connectivity index (χ0) is 34.7. The van der Waals surface area contributed by atoms with Crippen LogP contribution in [0.25, 0.3) is 0 Å². The average molecular weight is 645 g/mol. The topological polar surface area (TPSA) is 183 Å². The fourth-order valence-electron chi connectivity index (χ4n) is 5.23. The van der Waals surface area contributed by atoms with Crippen molar-refractivity contribution in [2.45, 2.75) is 125 Å². The van der Waals surface area contributed by atoms with Crippen molar-refractivity contribution < 1.29 is 32.7 Å². The minimum absolute atomic E-state index is 0.00562. The molecule has 1 aromatic carbocycles. The van der Waals surface area contributed by atoms with E-state index in [1.54, 1.807) is 45.0 Å². The number of aryl methyl sites for hydroxylation is 1. The highest BCUT2D eigenvalue weighted by Crippen LogP contribution is 2.28. The first-order valence-corrected chi connectivity index (χ1v) is 16.0. The van der Waals surface area contributed by atoms with E-state index in [4.69, 9.17) is 19.3 Å². The number of carbonyl (C=O) groups excluding carboxylic acids is 4. The third-order valence-electron chi connectivity index (χ3n) is 8.03. The number of carbonyl (C=O) groups is 4. The van der Waals surface area contributed by atoms with Gasteiger partial charge in [-0.1, -0.05) is 66.0 Å². The molecule has 0 fully saturated rings. The molecule has 0 saturated heterocycles. The van der Waals surface area contributed by atoms with Gasteiger partial charge in [-0.25, -0.2) is 4.79 Å². The van der Waals surface area contributed by atoms with Gasteiger partial charge in [-0.3, -0.25) is 19.2 Å². The maximum absolute atomic E-state index is 13.8. The molecule has 0 aliphatic rings. The third kappa shape index (κ3) is 12.0. The van der Waals surface area contributed by atoms with E-state index in [-0.39, 0.29) is 42.9 Å². The van der Waals surface area contributed by atoms with Crippen molar-refractivity contribution in [1.82, 2.24) is 16.0 Å². The van der Waals surface area contributed by atoms with Crippen LogP contribution in [-0.2, 0) is 32.2 Å². The summed E-state index contributed by atoms with van der Waals surface area (Å²) in [6.07, 6.45) is 3.93.